The van der Waals surface area contributed by atoms with E-state index in [1.54, 1.807) is 36.7 Å². The number of thiophene rings is 1. The van der Waals surface area contributed by atoms with E-state index in [1.165, 1.54) is 16.2 Å². The number of furan rings is 1. The van der Waals surface area contributed by atoms with Gasteiger partial charge in [-0.3, -0.25) is 4.79 Å². The molecule has 4 aromatic heterocycles. The molecule has 0 fully saturated rings. The van der Waals surface area contributed by atoms with E-state index in [0.717, 1.165) is 15.4 Å². The van der Waals surface area contributed by atoms with Gasteiger partial charge >= 0.3 is 0 Å². The lowest BCUT2D eigenvalue weighted by Crippen LogP contribution is -2.15. The fourth-order valence-electron chi connectivity index (χ4n) is 2.65. The number of rotatable bonds is 5. The molecular formula is C19H17N3O3S2. The average molecular weight is 399 g/mol. The van der Waals surface area contributed by atoms with Crippen LogP contribution in [0.3, 0.4) is 0 Å². The summed E-state index contributed by atoms with van der Waals surface area (Å²) in [6.45, 7) is 5.86. The van der Waals surface area contributed by atoms with Crippen molar-refractivity contribution >= 4 is 33.7 Å². The number of carbonyl (C=O) groups is 1. The van der Waals surface area contributed by atoms with Crippen LogP contribution in [-0.4, -0.2) is 15.9 Å². The lowest BCUT2D eigenvalue weighted by Gasteiger charge is -1.99. The minimum Gasteiger partial charge on any atom is -0.459 e. The molecule has 4 rings (SSSR count). The zero-order valence-corrected chi connectivity index (χ0v) is 16.7. The number of oxazole rings is 1. The number of nitrogens with one attached hydrogen (secondary N) is 1. The Bertz CT molecular complexity index is 1090. The van der Waals surface area contributed by atoms with Crippen molar-refractivity contribution in [3.63, 3.8) is 0 Å². The third-order valence-corrected chi connectivity index (χ3v) is 5.86. The molecule has 0 atom stereocenters. The standard InChI is InChI=1S/C19H17N3O3S2/c1-10-6-7-15(26-10)17-12(3)27-19(22-17)21-16(23)9-13-11(2)25-18(20-13)14-5-4-8-24-14/h4-8H,9H2,1-3H3,(H,21,22,23). The fraction of sp³-hybridized carbons (Fsp3) is 0.211. The van der Waals surface area contributed by atoms with Crippen molar-refractivity contribution < 1.29 is 13.6 Å². The summed E-state index contributed by atoms with van der Waals surface area (Å²) < 4.78 is 10.9. The van der Waals surface area contributed by atoms with Crippen LogP contribution in [0, 0.1) is 20.8 Å². The SMILES string of the molecule is Cc1ccc(-c2nc(NC(=O)Cc3nc(-c4ccco4)oc3C)sc2C)s1. The maximum Gasteiger partial charge on any atom is 0.263 e. The summed E-state index contributed by atoms with van der Waals surface area (Å²) in [6, 6.07) is 7.66. The number of aryl methyl sites for hydroxylation is 3. The first-order valence-electron chi connectivity index (χ1n) is 8.34. The Balaban J connectivity index is 1.47. The molecule has 1 N–H and O–H groups in total. The maximum atomic E-state index is 12.4. The van der Waals surface area contributed by atoms with Gasteiger partial charge in [0, 0.05) is 9.75 Å². The zero-order chi connectivity index (χ0) is 19.0. The molecule has 4 heterocycles. The molecule has 8 heteroatoms. The number of hydrogen-bond acceptors (Lipinski definition) is 7. The van der Waals surface area contributed by atoms with Gasteiger partial charge < -0.3 is 14.2 Å². The molecule has 0 radical (unpaired) electrons. The van der Waals surface area contributed by atoms with Crippen LogP contribution in [0.2, 0.25) is 0 Å². The van der Waals surface area contributed by atoms with Gasteiger partial charge in [0.2, 0.25) is 5.91 Å². The summed E-state index contributed by atoms with van der Waals surface area (Å²) in [6.07, 6.45) is 1.67. The van der Waals surface area contributed by atoms with E-state index in [1.807, 2.05) is 6.92 Å². The molecule has 0 bridgehead atoms. The Labute approximate surface area is 163 Å². The first kappa shape index (κ1) is 17.7. The summed E-state index contributed by atoms with van der Waals surface area (Å²) in [5.41, 5.74) is 1.51. The number of thiazole rings is 1. The quantitative estimate of drug-likeness (QED) is 0.497. The molecule has 1 amide bonds. The highest BCUT2D eigenvalue weighted by molar-refractivity contribution is 7.18. The highest BCUT2D eigenvalue weighted by atomic mass is 32.1. The second-order valence-electron chi connectivity index (χ2n) is 6.06. The number of hydrogen-bond donors (Lipinski definition) is 1. The van der Waals surface area contributed by atoms with Crippen molar-refractivity contribution in [2.75, 3.05) is 5.32 Å². The van der Waals surface area contributed by atoms with Crippen LogP contribution in [0.25, 0.3) is 22.2 Å². The molecule has 0 aliphatic rings. The van der Waals surface area contributed by atoms with Gasteiger partial charge in [-0.05, 0) is 45.0 Å². The summed E-state index contributed by atoms with van der Waals surface area (Å²) in [5, 5.41) is 3.46. The highest BCUT2D eigenvalue weighted by Crippen LogP contribution is 2.34. The molecule has 27 heavy (non-hydrogen) atoms. The van der Waals surface area contributed by atoms with Gasteiger partial charge in [0.05, 0.1) is 28.9 Å². The van der Waals surface area contributed by atoms with Crippen molar-refractivity contribution in [2.45, 2.75) is 27.2 Å². The van der Waals surface area contributed by atoms with Crippen molar-refractivity contribution in [1.82, 2.24) is 9.97 Å². The molecule has 0 aliphatic heterocycles. The molecule has 0 unspecified atom stereocenters. The summed E-state index contributed by atoms with van der Waals surface area (Å²) in [7, 11) is 0. The minimum absolute atomic E-state index is 0.113. The Kier molecular flexibility index (Phi) is 4.67. The summed E-state index contributed by atoms with van der Waals surface area (Å²) in [4.78, 5) is 24.8. The van der Waals surface area contributed by atoms with Crippen molar-refractivity contribution in [3.05, 3.63) is 51.7 Å². The fourth-order valence-corrected chi connectivity index (χ4v) is 4.48. The topological polar surface area (TPSA) is 81.2 Å². The number of aromatic nitrogens is 2. The van der Waals surface area contributed by atoms with Crippen molar-refractivity contribution in [1.29, 1.82) is 0 Å². The van der Waals surface area contributed by atoms with Gasteiger partial charge in [-0.15, -0.1) is 22.7 Å². The average Bonchev–Trinajstić information content (AvgIpc) is 3.37. The smallest absolute Gasteiger partial charge is 0.263 e. The molecule has 0 aliphatic carbocycles. The monoisotopic (exact) mass is 399 g/mol. The van der Waals surface area contributed by atoms with Crippen LogP contribution in [0.4, 0.5) is 5.13 Å². The largest absolute Gasteiger partial charge is 0.459 e. The Morgan fingerprint density at radius 1 is 1.15 bits per heavy atom. The third kappa shape index (κ3) is 3.72. The van der Waals surface area contributed by atoms with E-state index in [2.05, 4.69) is 34.3 Å². The summed E-state index contributed by atoms with van der Waals surface area (Å²) >= 11 is 3.16. The molecule has 6 nitrogen and oxygen atoms in total. The molecule has 4 aromatic rings. The lowest BCUT2D eigenvalue weighted by atomic mass is 10.2. The molecule has 0 saturated heterocycles. The van der Waals surface area contributed by atoms with Crippen LogP contribution < -0.4 is 5.32 Å². The third-order valence-electron chi connectivity index (χ3n) is 3.97. The Hall–Kier alpha value is -2.71. The van der Waals surface area contributed by atoms with Gasteiger partial charge in [0.25, 0.3) is 5.89 Å². The first-order chi connectivity index (χ1) is 13.0. The molecule has 0 spiro atoms. The normalized spacial score (nSPS) is 11.1. The first-order valence-corrected chi connectivity index (χ1v) is 9.97. The van der Waals surface area contributed by atoms with Crippen LogP contribution >= 0.6 is 22.7 Å². The number of anilines is 1. The minimum atomic E-state index is -0.181. The summed E-state index contributed by atoms with van der Waals surface area (Å²) in [5.74, 6) is 1.33. The number of nitrogens with zero attached hydrogens (tertiary/aromatic N) is 2. The van der Waals surface area contributed by atoms with Gasteiger partial charge in [0.1, 0.15) is 5.76 Å². The predicted octanol–water partition coefficient (Wildman–Crippen LogP) is 5.23. The van der Waals surface area contributed by atoms with Crippen LogP contribution in [0.15, 0.2) is 39.4 Å². The number of carbonyl (C=O) groups excluding carboxylic acids is 1. The van der Waals surface area contributed by atoms with E-state index < -0.39 is 0 Å². The van der Waals surface area contributed by atoms with Gasteiger partial charge in [-0.1, -0.05) is 0 Å². The van der Waals surface area contributed by atoms with Gasteiger partial charge in [0.15, 0.2) is 10.9 Å². The van der Waals surface area contributed by atoms with Gasteiger partial charge in [-0.25, -0.2) is 9.97 Å². The van der Waals surface area contributed by atoms with Crippen LogP contribution in [0.5, 0.6) is 0 Å². The van der Waals surface area contributed by atoms with E-state index in [0.29, 0.717) is 28.2 Å². The van der Waals surface area contributed by atoms with E-state index in [4.69, 9.17) is 8.83 Å². The Morgan fingerprint density at radius 3 is 2.70 bits per heavy atom. The highest BCUT2D eigenvalue weighted by Gasteiger charge is 2.18. The van der Waals surface area contributed by atoms with Gasteiger partial charge in [-0.2, -0.15) is 0 Å². The van der Waals surface area contributed by atoms with Crippen LogP contribution in [0.1, 0.15) is 21.2 Å². The van der Waals surface area contributed by atoms with Crippen molar-refractivity contribution in [3.8, 4) is 22.2 Å². The maximum absolute atomic E-state index is 12.4. The molecule has 0 aromatic carbocycles. The predicted molar refractivity (Wildman–Crippen MR) is 106 cm³/mol. The Morgan fingerprint density at radius 2 is 2.00 bits per heavy atom. The second kappa shape index (κ2) is 7.13. The second-order valence-corrected chi connectivity index (χ2v) is 8.55. The number of amides is 1. The molecular weight excluding hydrogens is 382 g/mol. The van der Waals surface area contributed by atoms with E-state index >= 15 is 0 Å². The van der Waals surface area contributed by atoms with E-state index in [9.17, 15) is 4.79 Å². The molecule has 0 saturated carbocycles. The lowest BCUT2D eigenvalue weighted by molar-refractivity contribution is -0.115. The van der Waals surface area contributed by atoms with Crippen molar-refractivity contribution in [2.24, 2.45) is 0 Å². The van der Waals surface area contributed by atoms with Crippen LogP contribution in [-0.2, 0) is 11.2 Å². The zero-order valence-electron chi connectivity index (χ0n) is 15.0. The van der Waals surface area contributed by atoms with E-state index in [-0.39, 0.29) is 12.3 Å². The molecule has 138 valence electrons.